The van der Waals surface area contributed by atoms with Crippen molar-refractivity contribution in [3.8, 4) is 11.1 Å². The molecule has 0 atom stereocenters. The molecule has 0 spiro atoms. The minimum atomic E-state index is 0.675. The van der Waals surface area contributed by atoms with Crippen LogP contribution < -0.4 is 4.90 Å². The molecule has 6 rings (SSSR count). The third kappa shape index (κ3) is 3.55. The summed E-state index contributed by atoms with van der Waals surface area (Å²) in [6.07, 6.45) is 0. The lowest BCUT2D eigenvalue weighted by Crippen LogP contribution is -2.09. The number of hydrogen-bond donors (Lipinski definition) is 0. The Balaban J connectivity index is 1.45. The molecule has 5 aromatic carbocycles. The maximum absolute atomic E-state index is 6.24. The fraction of sp³-hybridized carbons (Fsp3) is 0. The third-order valence-corrected chi connectivity index (χ3v) is 6.16. The van der Waals surface area contributed by atoms with Crippen molar-refractivity contribution in [1.29, 1.82) is 0 Å². The van der Waals surface area contributed by atoms with Crippen molar-refractivity contribution in [3.63, 3.8) is 0 Å². The maximum atomic E-state index is 6.24. The summed E-state index contributed by atoms with van der Waals surface area (Å²) in [5, 5.41) is 2.85. The molecule has 0 aliphatic heterocycles. The molecule has 0 saturated carbocycles. The fourth-order valence-electron chi connectivity index (χ4n) is 4.39. The van der Waals surface area contributed by atoms with E-state index in [4.69, 9.17) is 16.0 Å². The molecule has 0 bridgehead atoms. The first-order valence-corrected chi connectivity index (χ1v) is 11.3. The molecule has 0 saturated heterocycles. The zero-order valence-electron chi connectivity index (χ0n) is 17.8. The second kappa shape index (κ2) is 8.16. The first-order chi connectivity index (χ1) is 16.3. The van der Waals surface area contributed by atoms with Crippen LogP contribution in [0.25, 0.3) is 33.1 Å². The summed E-state index contributed by atoms with van der Waals surface area (Å²) in [6.45, 7) is 0. The molecule has 1 heterocycles. The Kier molecular flexibility index (Phi) is 4.86. The molecule has 1 aromatic heterocycles. The minimum Gasteiger partial charge on any atom is -0.455 e. The lowest BCUT2D eigenvalue weighted by molar-refractivity contribution is 0.670. The number of nitrogens with zero attached hydrogens (tertiary/aromatic N) is 1. The SMILES string of the molecule is Clc1ccc2c(c1)oc1c(-c3ccc(N(c4ccccc4)c4ccccc4)cc3)cccc12. The van der Waals surface area contributed by atoms with E-state index in [1.165, 1.54) is 0 Å². The number of anilines is 3. The van der Waals surface area contributed by atoms with Gasteiger partial charge in [0, 0.05) is 44.5 Å². The first kappa shape index (κ1) is 19.7. The molecular formula is C30H20ClNO. The highest BCUT2D eigenvalue weighted by Gasteiger charge is 2.15. The number of rotatable bonds is 4. The number of para-hydroxylation sites is 3. The summed E-state index contributed by atoms with van der Waals surface area (Å²) in [5.41, 5.74) is 7.19. The molecule has 33 heavy (non-hydrogen) atoms. The number of halogens is 1. The van der Waals surface area contributed by atoms with Crippen LogP contribution in [0.3, 0.4) is 0 Å². The fourth-order valence-corrected chi connectivity index (χ4v) is 4.55. The second-order valence-corrected chi connectivity index (χ2v) is 8.41. The standard InChI is InChI=1S/C30H20ClNO/c31-22-16-19-27-28-13-7-12-26(30(28)33-29(27)20-22)21-14-17-25(18-15-21)32(23-8-3-1-4-9-23)24-10-5-2-6-11-24/h1-20H. The van der Waals surface area contributed by atoms with Gasteiger partial charge >= 0.3 is 0 Å². The van der Waals surface area contributed by atoms with Crippen LogP contribution in [0.1, 0.15) is 0 Å². The van der Waals surface area contributed by atoms with Crippen molar-refractivity contribution in [3.05, 3.63) is 126 Å². The summed E-state index contributed by atoms with van der Waals surface area (Å²) in [6, 6.07) is 41.6. The molecule has 0 aliphatic carbocycles. The van der Waals surface area contributed by atoms with E-state index in [0.29, 0.717) is 5.02 Å². The summed E-state index contributed by atoms with van der Waals surface area (Å²) in [5.74, 6) is 0. The summed E-state index contributed by atoms with van der Waals surface area (Å²) in [7, 11) is 0. The van der Waals surface area contributed by atoms with E-state index < -0.39 is 0 Å². The normalized spacial score (nSPS) is 11.2. The Morgan fingerprint density at radius 2 is 1.18 bits per heavy atom. The highest BCUT2D eigenvalue weighted by molar-refractivity contribution is 6.31. The van der Waals surface area contributed by atoms with E-state index >= 15 is 0 Å². The predicted molar refractivity (Wildman–Crippen MR) is 139 cm³/mol. The molecule has 0 fully saturated rings. The highest BCUT2D eigenvalue weighted by Crippen LogP contribution is 2.39. The van der Waals surface area contributed by atoms with Gasteiger partial charge in [-0.3, -0.25) is 0 Å². The monoisotopic (exact) mass is 445 g/mol. The lowest BCUT2D eigenvalue weighted by Gasteiger charge is -2.25. The summed E-state index contributed by atoms with van der Waals surface area (Å²) < 4.78 is 6.24. The van der Waals surface area contributed by atoms with E-state index in [9.17, 15) is 0 Å². The molecule has 158 valence electrons. The van der Waals surface area contributed by atoms with Gasteiger partial charge in [0.05, 0.1) is 0 Å². The van der Waals surface area contributed by atoms with Gasteiger partial charge in [-0.15, -0.1) is 0 Å². The van der Waals surface area contributed by atoms with Crippen molar-refractivity contribution in [2.45, 2.75) is 0 Å². The largest absolute Gasteiger partial charge is 0.455 e. The number of furan rings is 1. The minimum absolute atomic E-state index is 0.675. The van der Waals surface area contributed by atoms with Crippen LogP contribution in [0.4, 0.5) is 17.1 Å². The summed E-state index contributed by atoms with van der Waals surface area (Å²) in [4.78, 5) is 2.26. The smallest absolute Gasteiger partial charge is 0.143 e. The predicted octanol–water partition coefficient (Wildman–Crippen LogP) is 9.38. The Morgan fingerprint density at radius 1 is 0.545 bits per heavy atom. The first-order valence-electron chi connectivity index (χ1n) is 10.9. The molecule has 0 amide bonds. The number of hydrogen-bond acceptors (Lipinski definition) is 2. The van der Waals surface area contributed by atoms with Crippen molar-refractivity contribution in [2.24, 2.45) is 0 Å². The van der Waals surface area contributed by atoms with Crippen LogP contribution in [0.2, 0.25) is 5.02 Å². The van der Waals surface area contributed by atoms with Gasteiger partial charge in [0.2, 0.25) is 0 Å². The Hall–Kier alpha value is -4.01. The van der Waals surface area contributed by atoms with Gasteiger partial charge in [0.1, 0.15) is 11.2 Å². The molecule has 0 aliphatic rings. The molecule has 0 radical (unpaired) electrons. The van der Waals surface area contributed by atoms with E-state index in [2.05, 4.69) is 95.9 Å². The Labute approximate surface area is 197 Å². The lowest BCUT2D eigenvalue weighted by atomic mass is 10.0. The third-order valence-electron chi connectivity index (χ3n) is 5.93. The van der Waals surface area contributed by atoms with Gasteiger partial charge in [-0.2, -0.15) is 0 Å². The van der Waals surface area contributed by atoms with Gasteiger partial charge in [-0.1, -0.05) is 78.3 Å². The molecule has 6 aromatic rings. The molecule has 0 unspecified atom stereocenters. The van der Waals surface area contributed by atoms with Crippen LogP contribution >= 0.6 is 11.6 Å². The zero-order chi connectivity index (χ0) is 22.2. The number of fused-ring (bicyclic) bond motifs is 3. The van der Waals surface area contributed by atoms with Crippen molar-refractivity contribution >= 4 is 50.6 Å². The second-order valence-electron chi connectivity index (χ2n) is 7.98. The van der Waals surface area contributed by atoms with Gasteiger partial charge in [-0.05, 0) is 54.1 Å². The molecule has 0 N–H and O–H groups in total. The average Bonchev–Trinajstić information content (AvgIpc) is 3.24. The highest BCUT2D eigenvalue weighted by atomic mass is 35.5. The van der Waals surface area contributed by atoms with Gasteiger partial charge in [0.15, 0.2) is 0 Å². The van der Waals surface area contributed by atoms with Crippen molar-refractivity contribution in [1.82, 2.24) is 0 Å². The van der Waals surface area contributed by atoms with Gasteiger partial charge in [-0.25, -0.2) is 0 Å². The van der Waals surface area contributed by atoms with Crippen LogP contribution in [0.15, 0.2) is 126 Å². The van der Waals surface area contributed by atoms with E-state index in [1.807, 2.05) is 30.3 Å². The quantitative estimate of drug-likeness (QED) is 0.268. The van der Waals surface area contributed by atoms with Crippen LogP contribution in [0, 0.1) is 0 Å². The topological polar surface area (TPSA) is 16.4 Å². The van der Waals surface area contributed by atoms with Crippen molar-refractivity contribution < 1.29 is 4.42 Å². The molecule has 3 heteroatoms. The van der Waals surface area contributed by atoms with Crippen LogP contribution in [-0.2, 0) is 0 Å². The van der Waals surface area contributed by atoms with Gasteiger partial charge < -0.3 is 9.32 Å². The zero-order valence-corrected chi connectivity index (χ0v) is 18.5. The van der Waals surface area contributed by atoms with E-state index in [0.717, 1.165) is 50.1 Å². The van der Waals surface area contributed by atoms with Crippen LogP contribution in [0.5, 0.6) is 0 Å². The molecular weight excluding hydrogens is 426 g/mol. The van der Waals surface area contributed by atoms with Gasteiger partial charge in [0.25, 0.3) is 0 Å². The number of benzene rings is 5. The van der Waals surface area contributed by atoms with E-state index in [-0.39, 0.29) is 0 Å². The Bertz CT molecular complexity index is 1510. The summed E-state index contributed by atoms with van der Waals surface area (Å²) >= 11 is 6.19. The molecule has 2 nitrogen and oxygen atoms in total. The maximum Gasteiger partial charge on any atom is 0.143 e. The average molecular weight is 446 g/mol. The Morgan fingerprint density at radius 3 is 1.85 bits per heavy atom. The van der Waals surface area contributed by atoms with E-state index in [1.54, 1.807) is 0 Å². The van der Waals surface area contributed by atoms with Crippen LogP contribution in [-0.4, -0.2) is 0 Å². The van der Waals surface area contributed by atoms with Crippen molar-refractivity contribution in [2.75, 3.05) is 4.90 Å².